The van der Waals surface area contributed by atoms with Crippen LogP contribution < -0.4 is 5.73 Å². The van der Waals surface area contributed by atoms with Gasteiger partial charge in [-0.2, -0.15) is 5.26 Å². The number of halogens is 1. The van der Waals surface area contributed by atoms with E-state index in [0.29, 0.717) is 5.56 Å². The van der Waals surface area contributed by atoms with Crippen molar-refractivity contribution in [3.63, 3.8) is 0 Å². The number of methoxy groups -OCH3 is 1. The Kier molecular flexibility index (Phi) is 2.95. The summed E-state index contributed by atoms with van der Waals surface area (Å²) in [5.41, 5.74) is 6.07. The van der Waals surface area contributed by atoms with E-state index in [1.54, 1.807) is 0 Å². The van der Waals surface area contributed by atoms with Gasteiger partial charge in [0.25, 0.3) is 0 Å². The summed E-state index contributed by atoms with van der Waals surface area (Å²) < 4.78 is 4.49. The maximum atomic E-state index is 11.2. The molecule has 0 aliphatic carbocycles. The van der Waals surface area contributed by atoms with Crippen molar-refractivity contribution in [3.8, 4) is 6.07 Å². The zero-order chi connectivity index (χ0) is 10.7. The third kappa shape index (κ3) is 1.78. The Morgan fingerprint density at radius 2 is 2.29 bits per heavy atom. The van der Waals surface area contributed by atoms with E-state index in [1.807, 2.05) is 6.07 Å². The zero-order valence-electron chi connectivity index (χ0n) is 7.37. The van der Waals surface area contributed by atoms with Gasteiger partial charge in [0.15, 0.2) is 0 Å². The molecule has 0 unspecified atom stereocenters. The minimum Gasteiger partial charge on any atom is -0.465 e. The summed E-state index contributed by atoms with van der Waals surface area (Å²) in [5, 5.41) is 8.71. The van der Waals surface area contributed by atoms with Crippen LogP contribution in [0, 0.1) is 11.3 Å². The van der Waals surface area contributed by atoms with Gasteiger partial charge < -0.3 is 10.5 Å². The normalized spacial score (nSPS) is 9.21. The highest BCUT2D eigenvalue weighted by Crippen LogP contribution is 2.24. The number of carbonyl (C=O) groups is 1. The van der Waals surface area contributed by atoms with Gasteiger partial charge >= 0.3 is 5.97 Å². The number of nitriles is 1. The first kappa shape index (κ1) is 10.4. The van der Waals surface area contributed by atoms with Crippen LogP contribution in [0.5, 0.6) is 0 Å². The fourth-order valence-corrected chi connectivity index (χ4v) is 1.31. The summed E-state index contributed by atoms with van der Waals surface area (Å²) in [5.74, 6) is -0.614. The van der Waals surface area contributed by atoms with Crippen LogP contribution in [0.1, 0.15) is 15.9 Å². The molecule has 0 atom stereocenters. The van der Waals surface area contributed by atoms with Gasteiger partial charge in [0, 0.05) is 5.69 Å². The highest BCUT2D eigenvalue weighted by atomic mass is 35.5. The molecule has 0 aliphatic rings. The molecule has 0 fully saturated rings. The van der Waals surface area contributed by atoms with Crippen molar-refractivity contribution in [1.29, 1.82) is 5.26 Å². The number of esters is 1. The van der Waals surface area contributed by atoms with Crippen LogP contribution in [0.25, 0.3) is 0 Å². The second-order valence-corrected chi connectivity index (χ2v) is 2.93. The zero-order valence-corrected chi connectivity index (χ0v) is 8.13. The average molecular weight is 211 g/mol. The average Bonchev–Trinajstić information content (AvgIpc) is 2.16. The van der Waals surface area contributed by atoms with Crippen molar-refractivity contribution in [3.05, 3.63) is 28.3 Å². The quantitative estimate of drug-likeness (QED) is 0.564. The summed E-state index contributed by atoms with van der Waals surface area (Å²) in [7, 11) is 1.23. The van der Waals surface area contributed by atoms with Crippen molar-refractivity contribution in [2.45, 2.75) is 0 Å². The van der Waals surface area contributed by atoms with Gasteiger partial charge in [0.2, 0.25) is 0 Å². The molecule has 14 heavy (non-hydrogen) atoms. The van der Waals surface area contributed by atoms with E-state index >= 15 is 0 Å². The van der Waals surface area contributed by atoms with Gasteiger partial charge in [-0.1, -0.05) is 11.6 Å². The molecule has 0 saturated heterocycles. The van der Waals surface area contributed by atoms with Crippen LogP contribution in [0.3, 0.4) is 0 Å². The first-order chi connectivity index (χ1) is 6.60. The second-order valence-electron chi connectivity index (χ2n) is 2.53. The maximum absolute atomic E-state index is 11.2. The van der Waals surface area contributed by atoms with Crippen LogP contribution in [0.4, 0.5) is 5.69 Å². The third-order valence-corrected chi connectivity index (χ3v) is 1.94. The van der Waals surface area contributed by atoms with Crippen LogP contribution >= 0.6 is 11.6 Å². The molecule has 0 aliphatic heterocycles. The summed E-state index contributed by atoms with van der Waals surface area (Å²) in [6, 6.07) is 4.61. The van der Waals surface area contributed by atoms with Gasteiger partial charge in [-0.25, -0.2) is 4.79 Å². The van der Waals surface area contributed by atoms with Crippen molar-refractivity contribution in [1.82, 2.24) is 0 Å². The molecule has 1 aromatic rings. The number of nitrogens with two attached hydrogens (primary N) is 1. The van der Waals surface area contributed by atoms with E-state index in [0.717, 1.165) is 0 Å². The van der Waals surface area contributed by atoms with Gasteiger partial charge in [0.1, 0.15) is 5.56 Å². The van der Waals surface area contributed by atoms with Gasteiger partial charge in [-0.15, -0.1) is 0 Å². The van der Waals surface area contributed by atoms with Crippen LogP contribution in [0.15, 0.2) is 12.1 Å². The lowest BCUT2D eigenvalue weighted by molar-refractivity contribution is 0.0602. The summed E-state index contributed by atoms with van der Waals surface area (Å²) >= 11 is 5.76. The van der Waals surface area contributed by atoms with Crippen LogP contribution in [-0.2, 0) is 4.74 Å². The van der Waals surface area contributed by atoms with Gasteiger partial charge in [-0.05, 0) is 12.1 Å². The Morgan fingerprint density at radius 3 is 2.71 bits per heavy atom. The number of anilines is 1. The van der Waals surface area contributed by atoms with E-state index in [-0.39, 0.29) is 16.3 Å². The van der Waals surface area contributed by atoms with E-state index < -0.39 is 5.97 Å². The molecular formula is C9H7ClN2O2. The maximum Gasteiger partial charge on any atom is 0.341 e. The monoisotopic (exact) mass is 210 g/mol. The summed E-state index contributed by atoms with van der Waals surface area (Å²) in [6.07, 6.45) is 0. The van der Waals surface area contributed by atoms with Gasteiger partial charge in [0.05, 0.1) is 23.8 Å². The van der Waals surface area contributed by atoms with E-state index in [9.17, 15) is 4.79 Å². The number of nitrogen functional groups attached to an aromatic ring is 1. The largest absolute Gasteiger partial charge is 0.465 e. The molecule has 0 aromatic heterocycles. The number of carbonyl (C=O) groups excluding carboxylic acids is 1. The van der Waals surface area contributed by atoms with E-state index in [4.69, 9.17) is 22.6 Å². The fourth-order valence-electron chi connectivity index (χ4n) is 1.01. The SMILES string of the molecule is COC(=O)c1c(N)cc(C#N)cc1Cl. The Morgan fingerprint density at radius 1 is 1.64 bits per heavy atom. The van der Waals surface area contributed by atoms with Crippen molar-refractivity contribution in [2.24, 2.45) is 0 Å². The number of hydrogen-bond donors (Lipinski definition) is 1. The smallest absolute Gasteiger partial charge is 0.341 e. The molecule has 5 heteroatoms. The highest BCUT2D eigenvalue weighted by Gasteiger charge is 2.15. The third-order valence-electron chi connectivity index (χ3n) is 1.64. The number of ether oxygens (including phenoxy) is 1. The Hall–Kier alpha value is -1.73. The molecule has 2 N–H and O–H groups in total. The number of hydrogen-bond acceptors (Lipinski definition) is 4. The highest BCUT2D eigenvalue weighted by molar-refractivity contribution is 6.34. The molecule has 1 rings (SSSR count). The van der Waals surface area contributed by atoms with Crippen LogP contribution in [0.2, 0.25) is 5.02 Å². The van der Waals surface area contributed by atoms with Crippen LogP contribution in [-0.4, -0.2) is 13.1 Å². The predicted octanol–water partition coefficient (Wildman–Crippen LogP) is 1.58. The molecule has 0 spiro atoms. The number of benzene rings is 1. The van der Waals surface area contributed by atoms with E-state index in [2.05, 4.69) is 4.74 Å². The van der Waals surface area contributed by atoms with Crippen molar-refractivity contribution < 1.29 is 9.53 Å². The molecule has 0 radical (unpaired) electrons. The Balaban J connectivity index is 3.34. The molecule has 0 amide bonds. The molecule has 4 nitrogen and oxygen atoms in total. The summed E-state index contributed by atoms with van der Waals surface area (Å²) in [4.78, 5) is 11.2. The lowest BCUT2D eigenvalue weighted by atomic mass is 10.1. The van der Waals surface area contributed by atoms with Gasteiger partial charge in [-0.3, -0.25) is 0 Å². The van der Waals surface area contributed by atoms with Crippen molar-refractivity contribution in [2.75, 3.05) is 12.8 Å². The lowest BCUT2D eigenvalue weighted by Crippen LogP contribution is -2.06. The minimum absolute atomic E-state index is 0.0909. The predicted molar refractivity (Wildman–Crippen MR) is 51.9 cm³/mol. The standard InChI is InChI=1S/C9H7ClN2O2/c1-14-9(13)8-6(10)2-5(4-11)3-7(8)12/h2-3H,12H2,1H3. The first-order valence-corrected chi connectivity index (χ1v) is 4.05. The minimum atomic E-state index is -0.614. The lowest BCUT2D eigenvalue weighted by Gasteiger charge is -2.05. The Bertz CT molecular complexity index is 400. The molecule has 1 aromatic carbocycles. The fraction of sp³-hybridized carbons (Fsp3) is 0.111. The molecule has 0 bridgehead atoms. The Labute approximate surface area is 85.8 Å². The van der Waals surface area contributed by atoms with Crippen molar-refractivity contribution >= 4 is 23.3 Å². The first-order valence-electron chi connectivity index (χ1n) is 3.67. The second kappa shape index (κ2) is 3.99. The topological polar surface area (TPSA) is 76.1 Å². The molecule has 72 valence electrons. The number of nitrogens with zero attached hydrogens (tertiary/aromatic N) is 1. The number of rotatable bonds is 1. The molecule has 0 saturated carbocycles. The molecule has 0 heterocycles. The van der Waals surface area contributed by atoms with E-state index in [1.165, 1.54) is 19.2 Å². The summed E-state index contributed by atoms with van der Waals surface area (Å²) in [6.45, 7) is 0. The molecular weight excluding hydrogens is 204 g/mol.